The standard InChI is InChI=1S/C23H30N2O4/c1-28-21-9-7-19(8-10-21)23(27)11-12-24-13-15-25(16-14-24)17-20(26)18-29-22-5-3-2-4-6-22/h2-10,20,26H,11-18H2,1H3. The first-order valence-electron chi connectivity index (χ1n) is 10.1. The summed E-state index contributed by atoms with van der Waals surface area (Å²) in [4.78, 5) is 16.9. The summed E-state index contributed by atoms with van der Waals surface area (Å²) in [5.74, 6) is 1.69. The number of aliphatic hydroxyl groups is 1. The van der Waals surface area contributed by atoms with Gasteiger partial charge in [-0.05, 0) is 36.4 Å². The number of Topliss-reactive ketones (excluding diaryl/α,β-unsaturated/α-hetero) is 1. The lowest BCUT2D eigenvalue weighted by Crippen LogP contribution is -2.49. The van der Waals surface area contributed by atoms with Gasteiger partial charge in [0, 0.05) is 51.3 Å². The lowest BCUT2D eigenvalue weighted by molar-refractivity contribution is 0.0457. The van der Waals surface area contributed by atoms with Gasteiger partial charge in [-0.15, -0.1) is 0 Å². The van der Waals surface area contributed by atoms with E-state index < -0.39 is 6.10 Å². The molecule has 0 aromatic heterocycles. The lowest BCUT2D eigenvalue weighted by Gasteiger charge is -2.35. The van der Waals surface area contributed by atoms with Crippen molar-refractivity contribution in [1.82, 2.24) is 9.80 Å². The third-order valence-electron chi connectivity index (χ3n) is 5.19. The van der Waals surface area contributed by atoms with Gasteiger partial charge < -0.3 is 19.5 Å². The maximum Gasteiger partial charge on any atom is 0.164 e. The molecule has 1 N–H and O–H groups in total. The Hall–Kier alpha value is -2.41. The van der Waals surface area contributed by atoms with Gasteiger partial charge in [0.05, 0.1) is 7.11 Å². The average molecular weight is 399 g/mol. The third kappa shape index (κ3) is 6.85. The number of nitrogens with zero attached hydrogens (tertiary/aromatic N) is 2. The Morgan fingerprint density at radius 2 is 1.62 bits per heavy atom. The molecule has 0 amide bonds. The van der Waals surface area contributed by atoms with E-state index in [1.165, 1.54) is 0 Å². The van der Waals surface area contributed by atoms with E-state index >= 15 is 0 Å². The number of rotatable bonds is 10. The van der Waals surface area contributed by atoms with Crippen LogP contribution in [0.4, 0.5) is 0 Å². The normalized spacial score (nSPS) is 16.3. The fourth-order valence-corrected chi connectivity index (χ4v) is 3.44. The number of hydrogen-bond acceptors (Lipinski definition) is 6. The fraction of sp³-hybridized carbons (Fsp3) is 0.435. The van der Waals surface area contributed by atoms with Crippen molar-refractivity contribution in [3.63, 3.8) is 0 Å². The van der Waals surface area contributed by atoms with Crippen LogP contribution in [0.1, 0.15) is 16.8 Å². The van der Waals surface area contributed by atoms with E-state index in [0.29, 0.717) is 19.6 Å². The summed E-state index contributed by atoms with van der Waals surface area (Å²) in [6, 6.07) is 16.8. The third-order valence-corrected chi connectivity index (χ3v) is 5.19. The Morgan fingerprint density at radius 1 is 0.966 bits per heavy atom. The van der Waals surface area contributed by atoms with Gasteiger partial charge in [0.15, 0.2) is 5.78 Å². The molecule has 2 aromatic carbocycles. The van der Waals surface area contributed by atoms with Crippen molar-refractivity contribution in [2.75, 3.05) is 53.0 Å². The molecule has 156 valence electrons. The zero-order valence-electron chi connectivity index (χ0n) is 17.0. The SMILES string of the molecule is COc1ccc(C(=O)CCN2CCN(CC(O)COc3ccccc3)CC2)cc1. The number of piperazine rings is 1. The van der Waals surface area contributed by atoms with Gasteiger partial charge in [-0.2, -0.15) is 0 Å². The van der Waals surface area contributed by atoms with Crippen LogP contribution in [-0.4, -0.2) is 79.8 Å². The number of benzene rings is 2. The van der Waals surface area contributed by atoms with E-state index in [2.05, 4.69) is 9.80 Å². The Kier molecular flexibility index (Phi) is 8.04. The first kappa shape index (κ1) is 21.3. The van der Waals surface area contributed by atoms with Crippen LogP contribution in [0.5, 0.6) is 11.5 Å². The number of aliphatic hydroxyl groups excluding tert-OH is 1. The second-order valence-electron chi connectivity index (χ2n) is 7.32. The van der Waals surface area contributed by atoms with Crippen molar-refractivity contribution < 1.29 is 19.4 Å². The molecule has 2 aromatic rings. The van der Waals surface area contributed by atoms with Crippen LogP contribution in [0.15, 0.2) is 54.6 Å². The van der Waals surface area contributed by atoms with E-state index in [1.807, 2.05) is 54.6 Å². The summed E-state index contributed by atoms with van der Waals surface area (Å²) >= 11 is 0. The first-order valence-corrected chi connectivity index (χ1v) is 10.1. The van der Waals surface area contributed by atoms with E-state index in [1.54, 1.807) is 7.11 Å². The maximum absolute atomic E-state index is 12.4. The molecule has 29 heavy (non-hydrogen) atoms. The number of ketones is 1. The minimum Gasteiger partial charge on any atom is -0.497 e. The van der Waals surface area contributed by atoms with Gasteiger partial charge >= 0.3 is 0 Å². The topological polar surface area (TPSA) is 62.2 Å². The van der Waals surface area contributed by atoms with Crippen LogP contribution in [0, 0.1) is 0 Å². The Morgan fingerprint density at radius 3 is 2.28 bits per heavy atom. The number of hydrogen-bond donors (Lipinski definition) is 1. The van der Waals surface area contributed by atoms with Crippen molar-refractivity contribution in [3.05, 3.63) is 60.2 Å². The molecule has 1 aliphatic rings. The minimum atomic E-state index is -0.515. The zero-order chi connectivity index (χ0) is 20.5. The Bertz CT molecular complexity index is 743. The molecule has 0 aliphatic carbocycles. The van der Waals surface area contributed by atoms with Gasteiger partial charge in [-0.25, -0.2) is 0 Å². The van der Waals surface area contributed by atoms with Crippen LogP contribution in [0.3, 0.4) is 0 Å². The predicted octanol–water partition coefficient (Wildman–Crippen LogP) is 2.33. The highest BCUT2D eigenvalue weighted by Crippen LogP contribution is 2.14. The molecule has 0 spiro atoms. The smallest absolute Gasteiger partial charge is 0.164 e. The summed E-state index contributed by atoms with van der Waals surface area (Å²) in [6.45, 7) is 5.24. The largest absolute Gasteiger partial charge is 0.497 e. The molecular formula is C23H30N2O4. The Labute approximate surface area is 172 Å². The monoisotopic (exact) mass is 398 g/mol. The number of carbonyl (C=O) groups is 1. The quantitative estimate of drug-likeness (QED) is 0.620. The maximum atomic E-state index is 12.4. The van der Waals surface area contributed by atoms with E-state index in [4.69, 9.17) is 9.47 Å². The van der Waals surface area contributed by atoms with Gasteiger partial charge in [0.2, 0.25) is 0 Å². The summed E-state index contributed by atoms with van der Waals surface area (Å²) in [5.41, 5.74) is 0.728. The van der Waals surface area contributed by atoms with E-state index in [9.17, 15) is 9.90 Å². The van der Waals surface area contributed by atoms with Crippen molar-refractivity contribution in [3.8, 4) is 11.5 Å². The fourth-order valence-electron chi connectivity index (χ4n) is 3.44. The average Bonchev–Trinajstić information content (AvgIpc) is 2.78. The molecule has 1 heterocycles. The molecule has 1 aliphatic heterocycles. The first-order chi connectivity index (χ1) is 14.1. The second kappa shape index (κ2) is 11.0. The number of methoxy groups -OCH3 is 1. The summed E-state index contributed by atoms with van der Waals surface area (Å²) in [7, 11) is 1.62. The van der Waals surface area contributed by atoms with Crippen LogP contribution >= 0.6 is 0 Å². The van der Waals surface area contributed by atoms with Crippen LogP contribution in [-0.2, 0) is 0 Å². The van der Waals surface area contributed by atoms with E-state index in [-0.39, 0.29) is 5.78 Å². The van der Waals surface area contributed by atoms with Gasteiger partial charge in [0.25, 0.3) is 0 Å². The van der Waals surface area contributed by atoms with Crippen molar-refractivity contribution in [1.29, 1.82) is 0 Å². The summed E-state index contributed by atoms with van der Waals surface area (Å²) in [6.07, 6.45) is -0.00161. The molecular weight excluding hydrogens is 368 g/mol. The highest BCUT2D eigenvalue weighted by Gasteiger charge is 2.20. The molecule has 0 radical (unpaired) electrons. The van der Waals surface area contributed by atoms with Crippen LogP contribution in [0.25, 0.3) is 0 Å². The van der Waals surface area contributed by atoms with Crippen molar-refractivity contribution >= 4 is 5.78 Å². The Balaban J connectivity index is 1.33. The molecule has 1 fully saturated rings. The molecule has 0 bridgehead atoms. The molecule has 0 saturated carbocycles. The molecule has 6 heteroatoms. The van der Waals surface area contributed by atoms with Gasteiger partial charge in [-0.3, -0.25) is 9.69 Å². The molecule has 1 unspecified atom stereocenters. The van der Waals surface area contributed by atoms with E-state index in [0.717, 1.165) is 49.8 Å². The van der Waals surface area contributed by atoms with Crippen LogP contribution in [0.2, 0.25) is 0 Å². The molecule has 3 rings (SSSR count). The number of ether oxygens (including phenoxy) is 2. The number of para-hydroxylation sites is 1. The predicted molar refractivity (Wildman–Crippen MR) is 113 cm³/mol. The minimum absolute atomic E-state index is 0.156. The van der Waals surface area contributed by atoms with Crippen LogP contribution < -0.4 is 9.47 Å². The molecule has 1 saturated heterocycles. The van der Waals surface area contributed by atoms with Crippen molar-refractivity contribution in [2.24, 2.45) is 0 Å². The van der Waals surface area contributed by atoms with Gasteiger partial charge in [0.1, 0.15) is 24.2 Å². The second-order valence-corrected chi connectivity index (χ2v) is 7.32. The highest BCUT2D eigenvalue weighted by atomic mass is 16.5. The highest BCUT2D eigenvalue weighted by molar-refractivity contribution is 5.96. The molecule has 1 atom stereocenters. The molecule has 6 nitrogen and oxygen atoms in total. The number of carbonyl (C=O) groups excluding carboxylic acids is 1. The lowest BCUT2D eigenvalue weighted by atomic mass is 10.1. The van der Waals surface area contributed by atoms with Crippen molar-refractivity contribution in [2.45, 2.75) is 12.5 Å². The zero-order valence-corrected chi connectivity index (χ0v) is 17.0. The summed E-state index contributed by atoms with van der Waals surface area (Å²) < 4.78 is 10.7. The number of β-amino-alcohol motifs (C(OH)–C–C–N with tert-alkyl or cyclic N) is 1. The van der Waals surface area contributed by atoms with Gasteiger partial charge in [-0.1, -0.05) is 18.2 Å². The summed E-state index contributed by atoms with van der Waals surface area (Å²) in [5, 5.41) is 10.2.